The molecule has 0 saturated carbocycles. The highest BCUT2D eigenvalue weighted by Crippen LogP contribution is 2.50. The van der Waals surface area contributed by atoms with Gasteiger partial charge in [0.25, 0.3) is 15.7 Å². The normalized spacial score (nSPS) is 31.3. The molecular weight excluding hydrogens is 434 g/mol. The number of ether oxygens (including phenoxy) is 1. The summed E-state index contributed by atoms with van der Waals surface area (Å²) in [4.78, 5) is 26.2. The number of aliphatic hydroxyl groups is 1. The fourth-order valence-corrected chi connectivity index (χ4v) is 5.43. The van der Waals surface area contributed by atoms with Crippen molar-refractivity contribution < 1.29 is 26.9 Å². The number of rotatable bonds is 3. The van der Waals surface area contributed by atoms with Crippen LogP contribution in [0.15, 0.2) is 26.9 Å². The largest absolute Gasteiger partial charge is 0.399 e. The van der Waals surface area contributed by atoms with Crippen molar-refractivity contribution in [1.82, 2.24) is 9.55 Å². The molecule has 1 saturated heterocycles. The Balaban J connectivity index is 2.14. The zero-order valence-electron chi connectivity index (χ0n) is 17.6. The summed E-state index contributed by atoms with van der Waals surface area (Å²) < 4.78 is 42.6. The van der Waals surface area contributed by atoms with Gasteiger partial charge in [0, 0.05) is 11.8 Å². The molecule has 168 valence electrons. The number of aliphatic hydroxyl groups excluding tert-OH is 1. The molecule has 1 fully saturated rings. The van der Waals surface area contributed by atoms with Crippen molar-refractivity contribution in [2.24, 2.45) is 5.73 Å². The molecule has 3 rings (SSSR count). The standard InChI is InChI=1S/C17H27N3O8SSi/c1-9-7-20(15(23)19-12(9)22)13-11(21)17(10(18)8-29(24,25)28-17)14(26-13)27-30(5,6)16(2,3)4/h7-8,11,13-14,21H,18H2,1-6H3,(H,19,22,23)/t11-,13+,14+,17?/m0/s1. The van der Waals surface area contributed by atoms with E-state index in [0.29, 0.717) is 5.41 Å². The smallest absolute Gasteiger partial charge is 0.330 e. The number of hydrogen-bond acceptors (Lipinski definition) is 9. The van der Waals surface area contributed by atoms with Crippen LogP contribution in [0.5, 0.6) is 0 Å². The van der Waals surface area contributed by atoms with Crippen molar-refractivity contribution in [3.8, 4) is 0 Å². The van der Waals surface area contributed by atoms with Gasteiger partial charge in [-0.05, 0) is 25.1 Å². The van der Waals surface area contributed by atoms with E-state index in [0.717, 1.165) is 4.57 Å². The Morgan fingerprint density at radius 2 is 1.93 bits per heavy atom. The molecule has 30 heavy (non-hydrogen) atoms. The number of nitrogens with two attached hydrogens (primary N) is 1. The number of aromatic nitrogens is 2. The molecule has 1 aromatic heterocycles. The summed E-state index contributed by atoms with van der Waals surface area (Å²) in [5.41, 5.74) is 2.39. The van der Waals surface area contributed by atoms with Crippen molar-refractivity contribution in [3.05, 3.63) is 43.7 Å². The van der Waals surface area contributed by atoms with Crippen LogP contribution in [0.1, 0.15) is 32.6 Å². The first kappa shape index (κ1) is 22.9. The van der Waals surface area contributed by atoms with Crippen molar-refractivity contribution >= 4 is 18.4 Å². The predicted octanol–water partition coefficient (Wildman–Crippen LogP) is -0.0185. The van der Waals surface area contributed by atoms with Crippen LogP contribution in [0.4, 0.5) is 0 Å². The predicted molar refractivity (Wildman–Crippen MR) is 109 cm³/mol. The Morgan fingerprint density at radius 1 is 1.33 bits per heavy atom. The van der Waals surface area contributed by atoms with E-state index in [1.807, 2.05) is 33.9 Å². The van der Waals surface area contributed by atoms with Crippen LogP contribution in [0.3, 0.4) is 0 Å². The third kappa shape index (κ3) is 3.48. The van der Waals surface area contributed by atoms with Gasteiger partial charge in [-0.2, -0.15) is 8.42 Å². The quantitative estimate of drug-likeness (QED) is 0.415. The molecule has 1 spiro atoms. The molecular formula is C17H27N3O8SSi. The first-order valence-electron chi connectivity index (χ1n) is 9.28. The van der Waals surface area contributed by atoms with Crippen molar-refractivity contribution in [1.29, 1.82) is 0 Å². The van der Waals surface area contributed by atoms with Gasteiger partial charge in [0.05, 0.1) is 11.1 Å². The van der Waals surface area contributed by atoms with E-state index in [1.54, 1.807) is 0 Å². The Labute approximate surface area is 174 Å². The molecule has 0 bridgehead atoms. The third-order valence-electron chi connectivity index (χ3n) is 5.93. The first-order valence-corrected chi connectivity index (χ1v) is 13.7. The van der Waals surface area contributed by atoms with Crippen molar-refractivity contribution in [2.45, 2.75) is 70.1 Å². The summed E-state index contributed by atoms with van der Waals surface area (Å²) in [7, 11) is -6.78. The van der Waals surface area contributed by atoms with Crippen LogP contribution in [-0.4, -0.2) is 49.4 Å². The lowest BCUT2D eigenvalue weighted by atomic mass is 9.94. The maximum atomic E-state index is 12.4. The summed E-state index contributed by atoms with van der Waals surface area (Å²) in [6.07, 6.45) is -3.33. The van der Waals surface area contributed by atoms with Gasteiger partial charge >= 0.3 is 5.69 Å². The summed E-state index contributed by atoms with van der Waals surface area (Å²) >= 11 is 0. The van der Waals surface area contributed by atoms with E-state index >= 15 is 0 Å². The van der Waals surface area contributed by atoms with E-state index in [9.17, 15) is 23.1 Å². The number of aryl methyl sites for hydroxylation is 1. The summed E-state index contributed by atoms with van der Waals surface area (Å²) in [5, 5.41) is 11.5. The highest BCUT2D eigenvalue weighted by Gasteiger charge is 2.67. The van der Waals surface area contributed by atoms with E-state index in [4.69, 9.17) is 19.1 Å². The lowest BCUT2D eigenvalue weighted by molar-refractivity contribution is -0.147. The lowest BCUT2D eigenvalue weighted by Gasteiger charge is -2.41. The van der Waals surface area contributed by atoms with Crippen LogP contribution in [0.25, 0.3) is 0 Å². The fourth-order valence-electron chi connectivity index (χ4n) is 3.11. The van der Waals surface area contributed by atoms with Gasteiger partial charge < -0.3 is 20.0 Å². The Hall–Kier alpha value is -1.77. The monoisotopic (exact) mass is 461 g/mol. The van der Waals surface area contributed by atoms with E-state index < -0.39 is 53.9 Å². The van der Waals surface area contributed by atoms with Gasteiger partial charge in [0.2, 0.25) is 5.60 Å². The van der Waals surface area contributed by atoms with Gasteiger partial charge in [0.15, 0.2) is 20.8 Å². The maximum absolute atomic E-state index is 12.4. The van der Waals surface area contributed by atoms with E-state index in [2.05, 4.69) is 4.98 Å². The lowest BCUT2D eigenvalue weighted by Crippen LogP contribution is -2.57. The molecule has 13 heteroatoms. The van der Waals surface area contributed by atoms with Crippen LogP contribution in [0, 0.1) is 6.92 Å². The summed E-state index contributed by atoms with van der Waals surface area (Å²) in [5.74, 6) is 0. The molecule has 0 amide bonds. The minimum Gasteiger partial charge on any atom is -0.399 e. The average molecular weight is 462 g/mol. The number of hydrogen-bond donors (Lipinski definition) is 3. The molecule has 11 nitrogen and oxygen atoms in total. The topological polar surface area (TPSA) is 163 Å². The molecule has 4 atom stereocenters. The molecule has 0 radical (unpaired) electrons. The van der Waals surface area contributed by atoms with Gasteiger partial charge in [-0.1, -0.05) is 20.8 Å². The highest BCUT2D eigenvalue weighted by molar-refractivity contribution is 7.90. The van der Waals surface area contributed by atoms with Gasteiger partial charge in [-0.25, -0.2) is 8.98 Å². The van der Waals surface area contributed by atoms with Crippen LogP contribution in [-0.2, 0) is 23.5 Å². The molecule has 2 aliphatic rings. The third-order valence-corrected chi connectivity index (χ3v) is 11.4. The van der Waals surface area contributed by atoms with Crippen LogP contribution < -0.4 is 17.0 Å². The number of H-pyrrole nitrogens is 1. The summed E-state index contributed by atoms with van der Waals surface area (Å²) in [6.45, 7) is 11.2. The maximum Gasteiger partial charge on any atom is 0.330 e. The molecule has 3 heterocycles. The van der Waals surface area contributed by atoms with Gasteiger partial charge in [0.1, 0.15) is 6.10 Å². The molecule has 0 aromatic carbocycles. The zero-order chi connectivity index (χ0) is 22.9. The Bertz CT molecular complexity index is 1120. The SMILES string of the molecule is Cc1cn([C@@H]2O[C@H](O[Si](C)(C)C(C)(C)C)C3(OS(=O)(=O)C=C3N)[C@H]2O)c(=O)[nH]c1=O. The van der Waals surface area contributed by atoms with Crippen LogP contribution in [0.2, 0.25) is 18.1 Å². The molecule has 2 aliphatic heterocycles. The van der Waals surface area contributed by atoms with Gasteiger partial charge in [-0.15, -0.1) is 0 Å². The molecule has 0 aliphatic carbocycles. The van der Waals surface area contributed by atoms with Crippen LogP contribution >= 0.6 is 0 Å². The number of aromatic amines is 1. The van der Waals surface area contributed by atoms with E-state index in [-0.39, 0.29) is 16.3 Å². The van der Waals surface area contributed by atoms with Gasteiger partial charge in [-0.3, -0.25) is 14.3 Å². The van der Waals surface area contributed by atoms with E-state index in [1.165, 1.54) is 13.1 Å². The molecule has 4 N–H and O–H groups in total. The second-order valence-electron chi connectivity index (χ2n) is 9.10. The number of nitrogens with zero attached hydrogens (tertiary/aromatic N) is 1. The first-order chi connectivity index (χ1) is 13.5. The minimum absolute atomic E-state index is 0.191. The number of nitrogens with one attached hydrogen (secondary N) is 1. The Morgan fingerprint density at radius 3 is 2.43 bits per heavy atom. The fraction of sp³-hybridized carbons (Fsp3) is 0.647. The minimum atomic E-state index is -4.21. The molecule has 1 unspecified atom stereocenters. The average Bonchev–Trinajstić information content (AvgIpc) is 2.97. The zero-order valence-corrected chi connectivity index (χ0v) is 19.4. The molecule has 1 aromatic rings. The second-order valence-corrected chi connectivity index (χ2v) is 15.2. The second kappa shape index (κ2) is 6.87. The highest BCUT2D eigenvalue weighted by atomic mass is 32.2. The summed E-state index contributed by atoms with van der Waals surface area (Å²) in [6, 6.07) is 0. The van der Waals surface area contributed by atoms with Crippen molar-refractivity contribution in [2.75, 3.05) is 0 Å². The van der Waals surface area contributed by atoms with Crippen molar-refractivity contribution in [3.63, 3.8) is 0 Å². The Kier molecular flexibility index (Phi) is 5.24.